The molecule has 0 aliphatic rings. The van der Waals surface area contributed by atoms with Gasteiger partial charge in [-0.2, -0.15) is 0 Å². The Morgan fingerprint density at radius 1 is 0.765 bits per heavy atom. The summed E-state index contributed by atoms with van der Waals surface area (Å²) in [7, 11) is 0. The van der Waals surface area contributed by atoms with Crippen LogP contribution < -0.4 is 5.56 Å². The minimum atomic E-state index is 0.000260. The molecule has 3 rings (SSSR count). The second-order valence-electron chi connectivity index (χ2n) is 3.91. The van der Waals surface area contributed by atoms with E-state index < -0.39 is 0 Å². The van der Waals surface area contributed by atoms with Crippen molar-refractivity contribution < 1.29 is 0 Å². The molecule has 2 heterocycles. The average molecular weight is 221 g/mol. The second kappa shape index (κ2) is 3.91. The SMILES string of the molecule is O=c1ccc(-c2ccccc2)c2ccccn12. The highest BCUT2D eigenvalue weighted by atomic mass is 16.1. The Bertz CT molecular complexity index is 714. The van der Waals surface area contributed by atoms with E-state index in [4.69, 9.17) is 0 Å². The number of pyridine rings is 2. The van der Waals surface area contributed by atoms with Gasteiger partial charge in [0.2, 0.25) is 0 Å². The Kier molecular flexibility index (Phi) is 2.26. The van der Waals surface area contributed by atoms with E-state index >= 15 is 0 Å². The lowest BCUT2D eigenvalue weighted by molar-refractivity contribution is 1.10. The third kappa shape index (κ3) is 1.64. The number of hydrogen-bond acceptors (Lipinski definition) is 1. The fraction of sp³-hybridized carbons (Fsp3) is 0. The van der Waals surface area contributed by atoms with Crippen molar-refractivity contribution in [2.24, 2.45) is 0 Å². The molecule has 3 aromatic rings. The minimum absolute atomic E-state index is 0.000260. The maximum atomic E-state index is 11.7. The highest BCUT2D eigenvalue weighted by Crippen LogP contribution is 2.22. The number of fused-ring (bicyclic) bond motifs is 1. The van der Waals surface area contributed by atoms with Gasteiger partial charge in [-0.15, -0.1) is 0 Å². The van der Waals surface area contributed by atoms with Crippen molar-refractivity contribution in [2.75, 3.05) is 0 Å². The van der Waals surface area contributed by atoms with Gasteiger partial charge in [0, 0.05) is 17.8 Å². The highest BCUT2D eigenvalue weighted by molar-refractivity contribution is 5.79. The third-order valence-electron chi connectivity index (χ3n) is 2.85. The van der Waals surface area contributed by atoms with Gasteiger partial charge in [0.1, 0.15) is 0 Å². The molecule has 0 fully saturated rings. The normalized spacial score (nSPS) is 10.6. The van der Waals surface area contributed by atoms with Gasteiger partial charge >= 0.3 is 0 Å². The van der Waals surface area contributed by atoms with E-state index in [1.165, 1.54) is 0 Å². The van der Waals surface area contributed by atoms with Crippen molar-refractivity contribution >= 4 is 5.52 Å². The van der Waals surface area contributed by atoms with Gasteiger partial charge in [-0.1, -0.05) is 36.4 Å². The Labute approximate surface area is 98.8 Å². The first-order chi connectivity index (χ1) is 8.36. The third-order valence-corrected chi connectivity index (χ3v) is 2.85. The molecular weight excluding hydrogens is 210 g/mol. The molecule has 2 aromatic heterocycles. The summed E-state index contributed by atoms with van der Waals surface area (Å²) < 4.78 is 1.67. The zero-order valence-corrected chi connectivity index (χ0v) is 9.21. The van der Waals surface area contributed by atoms with Crippen molar-refractivity contribution in [3.8, 4) is 11.1 Å². The monoisotopic (exact) mass is 221 g/mol. The summed E-state index contributed by atoms with van der Waals surface area (Å²) in [6.07, 6.45) is 1.80. The van der Waals surface area contributed by atoms with E-state index in [9.17, 15) is 4.79 Å². The van der Waals surface area contributed by atoms with Gasteiger partial charge in [-0.25, -0.2) is 0 Å². The van der Waals surface area contributed by atoms with Crippen molar-refractivity contribution in [3.63, 3.8) is 0 Å². The van der Waals surface area contributed by atoms with Crippen LogP contribution >= 0.6 is 0 Å². The molecule has 0 saturated carbocycles. The van der Waals surface area contributed by atoms with Crippen LogP contribution in [0.1, 0.15) is 0 Å². The molecule has 0 unspecified atom stereocenters. The zero-order valence-electron chi connectivity index (χ0n) is 9.21. The maximum absolute atomic E-state index is 11.7. The number of hydrogen-bond donors (Lipinski definition) is 0. The molecule has 0 aliphatic heterocycles. The minimum Gasteiger partial charge on any atom is -0.284 e. The molecule has 2 nitrogen and oxygen atoms in total. The fourth-order valence-corrected chi connectivity index (χ4v) is 2.04. The van der Waals surface area contributed by atoms with Crippen LogP contribution in [0.3, 0.4) is 0 Å². The Hall–Kier alpha value is -2.35. The van der Waals surface area contributed by atoms with Crippen LogP contribution in [0.4, 0.5) is 0 Å². The van der Waals surface area contributed by atoms with Crippen molar-refractivity contribution in [3.05, 3.63) is 77.2 Å². The summed E-state index contributed by atoms with van der Waals surface area (Å²) in [5.41, 5.74) is 3.13. The van der Waals surface area contributed by atoms with Crippen LogP contribution in [0.5, 0.6) is 0 Å². The standard InChI is InChI=1S/C15H11NO/c17-15-10-9-13(12-6-2-1-3-7-12)14-8-4-5-11-16(14)15/h1-11H. The van der Waals surface area contributed by atoms with E-state index in [2.05, 4.69) is 0 Å². The molecule has 0 bridgehead atoms. The van der Waals surface area contributed by atoms with E-state index in [0.29, 0.717) is 0 Å². The summed E-state index contributed by atoms with van der Waals surface area (Å²) in [6.45, 7) is 0. The highest BCUT2D eigenvalue weighted by Gasteiger charge is 2.03. The average Bonchev–Trinajstić information content (AvgIpc) is 2.41. The number of aromatic nitrogens is 1. The van der Waals surface area contributed by atoms with Gasteiger partial charge in [-0.05, 0) is 23.8 Å². The first-order valence-corrected chi connectivity index (χ1v) is 5.52. The zero-order chi connectivity index (χ0) is 11.7. The van der Waals surface area contributed by atoms with E-state index in [1.54, 1.807) is 16.7 Å². The molecule has 0 aliphatic carbocycles. The van der Waals surface area contributed by atoms with Crippen LogP contribution in [0.15, 0.2) is 71.7 Å². The molecule has 1 aromatic carbocycles. The maximum Gasteiger partial charge on any atom is 0.255 e. The molecule has 0 amide bonds. The van der Waals surface area contributed by atoms with E-state index in [0.717, 1.165) is 16.6 Å². The topological polar surface area (TPSA) is 21.5 Å². The van der Waals surface area contributed by atoms with Crippen LogP contribution in [0.2, 0.25) is 0 Å². The smallest absolute Gasteiger partial charge is 0.255 e. The molecule has 0 radical (unpaired) electrons. The molecule has 0 saturated heterocycles. The number of nitrogens with zero attached hydrogens (tertiary/aromatic N) is 1. The Balaban J connectivity index is 2.39. The summed E-state index contributed by atoms with van der Waals surface area (Å²) in [4.78, 5) is 11.7. The van der Waals surface area contributed by atoms with Crippen molar-refractivity contribution in [1.29, 1.82) is 0 Å². The molecule has 2 heteroatoms. The van der Waals surface area contributed by atoms with Crippen LogP contribution in [0, 0.1) is 0 Å². The predicted octanol–water partition coefficient (Wildman–Crippen LogP) is 2.97. The van der Waals surface area contributed by atoms with Gasteiger partial charge < -0.3 is 0 Å². The molecule has 0 spiro atoms. The molecule has 82 valence electrons. The molecular formula is C15H11NO. The first kappa shape index (κ1) is 9.85. The largest absolute Gasteiger partial charge is 0.284 e. The quantitative estimate of drug-likeness (QED) is 0.619. The molecule has 0 N–H and O–H groups in total. The second-order valence-corrected chi connectivity index (χ2v) is 3.91. The van der Waals surface area contributed by atoms with Crippen LogP contribution in [0.25, 0.3) is 16.6 Å². The summed E-state index contributed by atoms with van der Waals surface area (Å²) in [6, 6.07) is 19.3. The lowest BCUT2D eigenvalue weighted by atomic mass is 10.1. The lowest BCUT2D eigenvalue weighted by Gasteiger charge is -2.07. The van der Waals surface area contributed by atoms with E-state index in [-0.39, 0.29) is 5.56 Å². The van der Waals surface area contributed by atoms with Gasteiger partial charge in [-0.3, -0.25) is 9.20 Å². The molecule has 17 heavy (non-hydrogen) atoms. The van der Waals surface area contributed by atoms with Gasteiger partial charge in [0.05, 0.1) is 5.52 Å². The van der Waals surface area contributed by atoms with Crippen molar-refractivity contribution in [1.82, 2.24) is 4.40 Å². The van der Waals surface area contributed by atoms with E-state index in [1.807, 2.05) is 54.6 Å². The lowest BCUT2D eigenvalue weighted by Crippen LogP contribution is -2.11. The van der Waals surface area contributed by atoms with Crippen LogP contribution in [-0.2, 0) is 0 Å². The predicted molar refractivity (Wildman–Crippen MR) is 69.1 cm³/mol. The van der Waals surface area contributed by atoms with Crippen molar-refractivity contribution in [2.45, 2.75) is 0 Å². The Morgan fingerprint density at radius 2 is 1.53 bits per heavy atom. The Morgan fingerprint density at radius 3 is 2.35 bits per heavy atom. The van der Waals surface area contributed by atoms with Crippen LogP contribution in [-0.4, -0.2) is 4.40 Å². The first-order valence-electron chi connectivity index (χ1n) is 5.52. The summed E-state index contributed by atoms with van der Waals surface area (Å²) in [5, 5.41) is 0. The molecule has 0 atom stereocenters. The summed E-state index contributed by atoms with van der Waals surface area (Å²) >= 11 is 0. The number of rotatable bonds is 1. The van der Waals surface area contributed by atoms with Gasteiger partial charge in [0.25, 0.3) is 5.56 Å². The fourth-order valence-electron chi connectivity index (χ4n) is 2.04. The summed E-state index contributed by atoms with van der Waals surface area (Å²) in [5.74, 6) is 0. The van der Waals surface area contributed by atoms with Gasteiger partial charge in [0.15, 0.2) is 0 Å². The number of benzene rings is 1.